The van der Waals surface area contributed by atoms with Gasteiger partial charge in [0.2, 0.25) is 5.91 Å². The highest BCUT2D eigenvalue weighted by Gasteiger charge is 2.16. The maximum Gasteiger partial charge on any atom is 0.221 e. The second-order valence-corrected chi connectivity index (χ2v) is 6.30. The fraction of sp³-hybridized carbons (Fsp3) is 0.438. The summed E-state index contributed by atoms with van der Waals surface area (Å²) in [4.78, 5) is 16.2. The normalized spacial score (nSPS) is 12.1. The van der Waals surface area contributed by atoms with Crippen molar-refractivity contribution >= 4 is 17.7 Å². The van der Waals surface area contributed by atoms with E-state index in [4.69, 9.17) is 0 Å². The molecule has 1 amide bonds. The molecule has 1 atom stereocenters. The van der Waals surface area contributed by atoms with Crippen molar-refractivity contribution in [3.8, 4) is 0 Å². The molecule has 1 aromatic carbocycles. The predicted octanol–water partition coefficient (Wildman–Crippen LogP) is 2.85. The van der Waals surface area contributed by atoms with Crippen molar-refractivity contribution in [2.24, 2.45) is 7.05 Å². The number of carbonyl (C=O) groups is 1. The van der Waals surface area contributed by atoms with Gasteiger partial charge in [-0.25, -0.2) is 9.37 Å². The molecular weight excluding hydrogens is 315 g/mol. The zero-order valence-electron chi connectivity index (χ0n) is 13.3. The van der Waals surface area contributed by atoms with Crippen molar-refractivity contribution < 1.29 is 9.18 Å². The number of nitrogens with zero attached hydrogens (tertiary/aromatic N) is 3. The van der Waals surface area contributed by atoms with Crippen molar-refractivity contribution in [2.75, 3.05) is 5.75 Å². The minimum absolute atomic E-state index is 0.00598. The monoisotopic (exact) mass is 336 g/mol. The molecule has 0 saturated heterocycles. The molecule has 124 valence electrons. The Hall–Kier alpha value is -1.89. The standard InChI is InChI=1S/C16H21FN4OS/c1-3-14(16-18-11-19-21(16)2)20-15(22)8-9-23-10-12-4-6-13(17)7-5-12/h4-7,11,14H,3,8-10H2,1-2H3,(H,20,22). The Bertz CT molecular complexity index is 629. The highest BCUT2D eigenvalue weighted by molar-refractivity contribution is 7.98. The summed E-state index contributed by atoms with van der Waals surface area (Å²) >= 11 is 1.66. The molecule has 2 aromatic rings. The van der Waals surface area contributed by atoms with E-state index in [-0.39, 0.29) is 17.8 Å². The zero-order chi connectivity index (χ0) is 16.7. The number of amides is 1. The van der Waals surface area contributed by atoms with Crippen LogP contribution in [0.15, 0.2) is 30.6 Å². The molecule has 0 aliphatic rings. The first-order valence-corrected chi connectivity index (χ1v) is 8.71. The van der Waals surface area contributed by atoms with Crippen molar-refractivity contribution in [1.29, 1.82) is 0 Å². The van der Waals surface area contributed by atoms with Gasteiger partial charge in [0.15, 0.2) is 0 Å². The number of hydrogen-bond donors (Lipinski definition) is 1. The van der Waals surface area contributed by atoms with Gasteiger partial charge in [0.1, 0.15) is 18.0 Å². The number of rotatable bonds is 8. The Morgan fingerprint density at radius 1 is 1.39 bits per heavy atom. The van der Waals surface area contributed by atoms with Crippen LogP contribution in [0.4, 0.5) is 4.39 Å². The summed E-state index contributed by atoms with van der Waals surface area (Å²) in [7, 11) is 1.82. The SMILES string of the molecule is CCC(NC(=O)CCSCc1ccc(F)cc1)c1ncnn1C. The van der Waals surface area contributed by atoms with Gasteiger partial charge in [-0.15, -0.1) is 0 Å². The maximum absolute atomic E-state index is 12.8. The Balaban J connectivity index is 1.72. The van der Waals surface area contributed by atoms with Crippen LogP contribution in [-0.2, 0) is 17.6 Å². The largest absolute Gasteiger partial charge is 0.346 e. The lowest BCUT2D eigenvalue weighted by Crippen LogP contribution is -2.30. The predicted molar refractivity (Wildman–Crippen MR) is 89.4 cm³/mol. The molecule has 0 aliphatic heterocycles. The van der Waals surface area contributed by atoms with Crippen molar-refractivity contribution in [1.82, 2.24) is 20.1 Å². The van der Waals surface area contributed by atoms with E-state index in [0.29, 0.717) is 6.42 Å². The first-order valence-electron chi connectivity index (χ1n) is 7.55. The van der Waals surface area contributed by atoms with E-state index in [1.54, 1.807) is 28.6 Å². The van der Waals surface area contributed by atoms with Crippen LogP contribution in [-0.4, -0.2) is 26.4 Å². The van der Waals surface area contributed by atoms with E-state index in [1.165, 1.54) is 18.5 Å². The average Bonchev–Trinajstić information content (AvgIpc) is 2.97. The number of benzene rings is 1. The molecule has 1 aromatic heterocycles. The molecule has 0 spiro atoms. The summed E-state index contributed by atoms with van der Waals surface area (Å²) < 4.78 is 14.5. The minimum atomic E-state index is -0.229. The van der Waals surface area contributed by atoms with E-state index in [2.05, 4.69) is 15.4 Å². The number of aryl methyl sites for hydroxylation is 1. The Labute approximate surface area is 139 Å². The van der Waals surface area contributed by atoms with E-state index in [1.807, 2.05) is 14.0 Å². The van der Waals surface area contributed by atoms with E-state index < -0.39 is 0 Å². The van der Waals surface area contributed by atoms with Crippen LogP contribution in [0.1, 0.15) is 37.2 Å². The van der Waals surface area contributed by atoms with E-state index in [0.717, 1.165) is 29.3 Å². The molecule has 1 heterocycles. The van der Waals surface area contributed by atoms with Gasteiger partial charge >= 0.3 is 0 Å². The molecule has 0 radical (unpaired) electrons. The molecule has 0 saturated carbocycles. The molecule has 0 bridgehead atoms. The molecule has 7 heteroatoms. The van der Waals surface area contributed by atoms with Crippen LogP contribution in [0.2, 0.25) is 0 Å². The second-order valence-electron chi connectivity index (χ2n) is 5.20. The lowest BCUT2D eigenvalue weighted by Gasteiger charge is -2.15. The fourth-order valence-corrected chi connectivity index (χ4v) is 3.07. The summed E-state index contributed by atoms with van der Waals surface area (Å²) in [5, 5.41) is 7.02. The van der Waals surface area contributed by atoms with Gasteiger partial charge < -0.3 is 5.32 Å². The van der Waals surface area contributed by atoms with Crippen molar-refractivity contribution in [3.05, 3.63) is 47.8 Å². The van der Waals surface area contributed by atoms with Crippen LogP contribution in [0.5, 0.6) is 0 Å². The summed E-state index contributed by atoms with van der Waals surface area (Å²) in [6, 6.07) is 6.33. The molecule has 1 unspecified atom stereocenters. The molecule has 23 heavy (non-hydrogen) atoms. The number of thioether (sulfide) groups is 1. The van der Waals surface area contributed by atoms with Crippen LogP contribution in [0.3, 0.4) is 0 Å². The van der Waals surface area contributed by atoms with E-state index in [9.17, 15) is 9.18 Å². The van der Waals surface area contributed by atoms with Gasteiger partial charge in [-0.05, 0) is 24.1 Å². The second kappa shape index (κ2) is 8.67. The van der Waals surface area contributed by atoms with Crippen molar-refractivity contribution in [2.45, 2.75) is 31.6 Å². The van der Waals surface area contributed by atoms with Gasteiger partial charge in [0, 0.05) is 25.0 Å². The van der Waals surface area contributed by atoms with Crippen molar-refractivity contribution in [3.63, 3.8) is 0 Å². The van der Waals surface area contributed by atoms with Gasteiger partial charge in [-0.1, -0.05) is 19.1 Å². The van der Waals surface area contributed by atoms with Gasteiger partial charge in [0.05, 0.1) is 6.04 Å². The van der Waals surface area contributed by atoms with Gasteiger partial charge in [0.25, 0.3) is 0 Å². The third-order valence-corrected chi connectivity index (χ3v) is 4.49. The topological polar surface area (TPSA) is 59.8 Å². The quantitative estimate of drug-likeness (QED) is 0.753. The number of hydrogen-bond acceptors (Lipinski definition) is 4. The van der Waals surface area contributed by atoms with Crippen LogP contribution in [0, 0.1) is 5.82 Å². The Kier molecular flexibility index (Phi) is 6.58. The lowest BCUT2D eigenvalue weighted by molar-refractivity contribution is -0.121. The Morgan fingerprint density at radius 2 is 2.13 bits per heavy atom. The lowest BCUT2D eigenvalue weighted by atomic mass is 10.2. The molecule has 0 aliphatic carbocycles. The third-order valence-electron chi connectivity index (χ3n) is 3.46. The molecule has 5 nitrogen and oxygen atoms in total. The zero-order valence-corrected chi connectivity index (χ0v) is 14.1. The highest BCUT2D eigenvalue weighted by atomic mass is 32.2. The first kappa shape index (κ1) is 17.5. The summed E-state index contributed by atoms with van der Waals surface area (Å²) in [5.74, 6) is 2.03. The molecule has 0 fully saturated rings. The van der Waals surface area contributed by atoms with Crippen LogP contribution in [0.25, 0.3) is 0 Å². The molecular formula is C16H21FN4OS. The number of aromatic nitrogens is 3. The number of nitrogens with one attached hydrogen (secondary N) is 1. The average molecular weight is 336 g/mol. The summed E-state index contributed by atoms with van der Waals surface area (Å²) in [6.45, 7) is 2.00. The van der Waals surface area contributed by atoms with E-state index >= 15 is 0 Å². The highest BCUT2D eigenvalue weighted by Crippen LogP contribution is 2.15. The molecule has 1 N–H and O–H groups in total. The van der Waals surface area contributed by atoms with Gasteiger partial charge in [-0.2, -0.15) is 16.9 Å². The minimum Gasteiger partial charge on any atom is -0.346 e. The van der Waals surface area contributed by atoms with Crippen LogP contribution < -0.4 is 5.32 Å². The smallest absolute Gasteiger partial charge is 0.221 e. The summed E-state index contributed by atoms with van der Waals surface area (Å²) in [6.07, 6.45) is 2.70. The van der Waals surface area contributed by atoms with Crippen LogP contribution >= 0.6 is 11.8 Å². The number of carbonyl (C=O) groups excluding carboxylic acids is 1. The summed E-state index contributed by atoms with van der Waals surface area (Å²) in [5.41, 5.74) is 1.06. The van der Waals surface area contributed by atoms with Gasteiger partial charge in [-0.3, -0.25) is 9.48 Å². The maximum atomic E-state index is 12.8. The fourth-order valence-electron chi connectivity index (χ4n) is 2.17. The Morgan fingerprint density at radius 3 is 2.74 bits per heavy atom. The first-order chi connectivity index (χ1) is 11.1. The third kappa shape index (κ3) is 5.35. The number of halogens is 1. The molecule has 2 rings (SSSR count).